The maximum atomic E-state index is 4.48. The summed E-state index contributed by atoms with van der Waals surface area (Å²) in [5.74, 6) is 0.960. The van der Waals surface area contributed by atoms with Crippen LogP contribution in [0.5, 0.6) is 0 Å². The first-order chi connectivity index (χ1) is 8.74. The normalized spacial score (nSPS) is 16.8. The Morgan fingerprint density at radius 2 is 2.17 bits per heavy atom. The fourth-order valence-electron chi connectivity index (χ4n) is 2.62. The van der Waals surface area contributed by atoms with Gasteiger partial charge in [0.2, 0.25) is 0 Å². The van der Waals surface area contributed by atoms with Crippen LogP contribution in [-0.2, 0) is 0 Å². The smallest absolute Gasteiger partial charge is 0.0751 e. The standard InChI is InChI=1S/C16H20N2/c1-11-5-8-15(14-4-3-9-17-16(11)14)18-12(2)10-13-6-7-13/h3-5,8-9,12-13,18H,6-7,10H2,1-2H3. The van der Waals surface area contributed by atoms with Crippen molar-refractivity contribution in [2.45, 2.75) is 39.2 Å². The fraction of sp³-hybridized carbons (Fsp3) is 0.438. The molecule has 1 heterocycles. The predicted molar refractivity (Wildman–Crippen MR) is 76.9 cm³/mol. The molecule has 0 amide bonds. The first-order valence-corrected chi connectivity index (χ1v) is 6.85. The van der Waals surface area contributed by atoms with Gasteiger partial charge >= 0.3 is 0 Å². The summed E-state index contributed by atoms with van der Waals surface area (Å²) >= 11 is 0. The lowest BCUT2D eigenvalue weighted by molar-refractivity contribution is 0.643. The molecule has 3 rings (SSSR count). The number of hydrogen-bond acceptors (Lipinski definition) is 2. The number of hydrogen-bond donors (Lipinski definition) is 1. The number of pyridine rings is 1. The van der Waals surface area contributed by atoms with Crippen molar-refractivity contribution in [2.75, 3.05) is 5.32 Å². The Balaban J connectivity index is 1.88. The zero-order valence-corrected chi connectivity index (χ0v) is 11.1. The lowest BCUT2D eigenvalue weighted by Gasteiger charge is -2.17. The molecule has 0 saturated heterocycles. The third-order valence-corrected chi connectivity index (χ3v) is 3.76. The van der Waals surface area contributed by atoms with Crippen LogP contribution in [0.15, 0.2) is 30.5 Å². The minimum absolute atomic E-state index is 0.545. The predicted octanol–water partition coefficient (Wildman–Crippen LogP) is 4.14. The molecule has 1 atom stereocenters. The second-order valence-electron chi connectivity index (χ2n) is 5.55. The van der Waals surface area contributed by atoms with Gasteiger partial charge in [-0.25, -0.2) is 0 Å². The number of nitrogens with zero attached hydrogens (tertiary/aromatic N) is 1. The van der Waals surface area contributed by atoms with Crippen LogP contribution in [0.1, 0.15) is 31.7 Å². The summed E-state index contributed by atoms with van der Waals surface area (Å²) in [5, 5.41) is 4.88. The Morgan fingerprint density at radius 3 is 2.94 bits per heavy atom. The van der Waals surface area contributed by atoms with Crippen molar-refractivity contribution in [2.24, 2.45) is 5.92 Å². The molecule has 1 saturated carbocycles. The SMILES string of the molecule is Cc1ccc(NC(C)CC2CC2)c2cccnc12. The lowest BCUT2D eigenvalue weighted by Crippen LogP contribution is -2.16. The fourth-order valence-corrected chi connectivity index (χ4v) is 2.62. The van der Waals surface area contributed by atoms with E-state index in [1.54, 1.807) is 0 Å². The molecule has 2 aromatic rings. The third-order valence-electron chi connectivity index (χ3n) is 3.76. The zero-order valence-electron chi connectivity index (χ0n) is 11.1. The molecule has 0 aliphatic heterocycles. The molecule has 1 unspecified atom stereocenters. The van der Waals surface area contributed by atoms with Gasteiger partial charge in [0.25, 0.3) is 0 Å². The Morgan fingerprint density at radius 1 is 1.33 bits per heavy atom. The van der Waals surface area contributed by atoms with Crippen LogP contribution in [0.25, 0.3) is 10.9 Å². The molecule has 0 bridgehead atoms. The van der Waals surface area contributed by atoms with E-state index in [4.69, 9.17) is 0 Å². The van der Waals surface area contributed by atoms with Gasteiger partial charge in [-0.2, -0.15) is 0 Å². The van der Waals surface area contributed by atoms with E-state index < -0.39 is 0 Å². The second-order valence-corrected chi connectivity index (χ2v) is 5.55. The molecular formula is C16H20N2. The molecule has 1 aliphatic rings. The van der Waals surface area contributed by atoms with Gasteiger partial charge in [0, 0.05) is 23.3 Å². The van der Waals surface area contributed by atoms with Gasteiger partial charge in [-0.05, 0) is 49.9 Å². The first kappa shape index (κ1) is 11.5. The minimum Gasteiger partial charge on any atom is -0.382 e. The molecule has 94 valence electrons. The Bertz CT molecular complexity index is 558. The average Bonchev–Trinajstić information content (AvgIpc) is 3.17. The van der Waals surface area contributed by atoms with Crippen LogP contribution in [-0.4, -0.2) is 11.0 Å². The molecule has 1 fully saturated rings. The van der Waals surface area contributed by atoms with Gasteiger partial charge in [-0.15, -0.1) is 0 Å². The van der Waals surface area contributed by atoms with E-state index in [0.717, 1.165) is 11.4 Å². The number of anilines is 1. The highest BCUT2D eigenvalue weighted by atomic mass is 14.9. The van der Waals surface area contributed by atoms with E-state index in [1.165, 1.54) is 35.9 Å². The van der Waals surface area contributed by atoms with E-state index in [-0.39, 0.29) is 0 Å². The molecule has 1 aromatic carbocycles. The van der Waals surface area contributed by atoms with Gasteiger partial charge in [-0.1, -0.05) is 18.9 Å². The average molecular weight is 240 g/mol. The summed E-state index contributed by atoms with van der Waals surface area (Å²) in [6.07, 6.45) is 5.99. The van der Waals surface area contributed by atoms with Crippen molar-refractivity contribution < 1.29 is 0 Å². The number of aryl methyl sites for hydroxylation is 1. The van der Waals surface area contributed by atoms with Crippen LogP contribution in [0.2, 0.25) is 0 Å². The summed E-state index contributed by atoms with van der Waals surface area (Å²) in [6, 6.07) is 9.05. The topological polar surface area (TPSA) is 24.9 Å². The van der Waals surface area contributed by atoms with Crippen LogP contribution < -0.4 is 5.32 Å². The first-order valence-electron chi connectivity index (χ1n) is 6.85. The maximum absolute atomic E-state index is 4.48. The van der Waals surface area contributed by atoms with Crippen LogP contribution in [0.4, 0.5) is 5.69 Å². The molecule has 2 heteroatoms. The van der Waals surface area contributed by atoms with Crippen LogP contribution in [0.3, 0.4) is 0 Å². The van der Waals surface area contributed by atoms with Gasteiger partial charge in [0.05, 0.1) is 5.52 Å². The van der Waals surface area contributed by atoms with E-state index in [2.05, 4.69) is 42.3 Å². The lowest BCUT2D eigenvalue weighted by atomic mass is 10.1. The largest absolute Gasteiger partial charge is 0.382 e. The second kappa shape index (κ2) is 4.60. The van der Waals surface area contributed by atoms with E-state index >= 15 is 0 Å². The molecule has 2 nitrogen and oxygen atoms in total. The van der Waals surface area contributed by atoms with Gasteiger partial charge in [0.15, 0.2) is 0 Å². The van der Waals surface area contributed by atoms with E-state index in [0.29, 0.717) is 6.04 Å². The Labute approximate surface area is 108 Å². The minimum atomic E-state index is 0.545. The molecule has 1 aromatic heterocycles. The number of nitrogens with one attached hydrogen (secondary N) is 1. The molecule has 0 radical (unpaired) electrons. The molecule has 0 spiro atoms. The van der Waals surface area contributed by atoms with Gasteiger partial charge < -0.3 is 5.32 Å². The van der Waals surface area contributed by atoms with Crippen molar-refractivity contribution in [3.63, 3.8) is 0 Å². The van der Waals surface area contributed by atoms with Crippen molar-refractivity contribution in [3.8, 4) is 0 Å². The highest BCUT2D eigenvalue weighted by Crippen LogP contribution is 2.34. The monoisotopic (exact) mass is 240 g/mol. The molecular weight excluding hydrogens is 220 g/mol. The van der Waals surface area contributed by atoms with E-state index in [9.17, 15) is 0 Å². The summed E-state index contributed by atoms with van der Waals surface area (Å²) in [5.41, 5.74) is 3.57. The quantitative estimate of drug-likeness (QED) is 0.868. The summed E-state index contributed by atoms with van der Waals surface area (Å²) in [4.78, 5) is 4.48. The molecule has 1 N–H and O–H groups in total. The summed E-state index contributed by atoms with van der Waals surface area (Å²) in [6.45, 7) is 4.40. The molecule has 18 heavy (non-hydrogen) atoms. The molecule has 1 aliphatic carbocycles. The highest BCUT2D eigenvalue weighted by Gasteiger charge is 2.23. The number of benzene rings is 1. The van der Waals surface area contributed by atoms with Gasteiger partial charge in [0.1, 0.15) is 0 Å². The highest BCUT2D eigenvalue weighted by molar-refractivity contribution is 5.93. The van der Waals surface area contributed by atoms with Crippen molar-refractivity contribution in [1.82, 2.24) is 4.98 Å². The zero-order chi connectivity index (χ0) is 12.5. The van der Waals surface area contributed by atoms with E-state index in [1.807, 2.05) is 12.3 Å². The van der Waals surface area contributed by atoms with Crippen molar-refractivity contribution in [3.05, 3.63) is 36.0 Å². The van der Waals surface area contributed by atoms with Crippen molar-refractivity contribution in [1.29, 1.82) is 0 Å². The number of rotatable bonds is 4. The van der Waals surface area contributed by atoms with Crippen molar-refractivity contribution >= 4 is 16.6 Å². The third kappa shape index (κ3) is 2.33. The van der Waals surface area contributed by atoms with Gasteiger partial charge in [-0.3, -0.25) is 4.98 Å². The number of fused-ring (bicyclic) bond motifs is 1. The number of aromatic nitrogens is 1. The summed E-state index contributed by atoms with van der Waals surface area (Å²) < 4.78 is 0. The summed E-state index contributed by atoms with van der Waals surface area (Å²) in [7, 11) is 0. The Kier molecular flexibility index (Phi) is 2.94. The van der Waals surface area contributed by atoms with Crippen LogP contribution >= 0.6 is 0 Å². The maximum Gasteiger partial charge on any atom is 0.0751 e. The Hall–Kier alpha value is -1.57. The van der Waals surface area contributed by atoms with Crippen LogP contribution in [0, 0.1) is 12.8 Å².